The van der Waals surface area contributed by atoms with Crippen LogP contribution in [0.1, 0.15) is 5.56 Å². The highest BCUT2D eigenvalue weighted by Gasteiger charge is 2.12. The van der Waals surface area contributed by atoms with Gasteiger partial charge in [-0.3, -0.25) is 0 Å². The first kappa shape index (κ1) is 12.4. The van der Waals surface area contributed by atoms with Gasteiger partial charge in [-0.2, -0.15) is 4.91 Å². The lowest BCUT2D eigenvalue weighted by Crippen LogP contribution is -1.87. The average molecular weight is 264 g/mol. The molecular weight excluding hydrogens is 254 g/mol. The number of aromatic hydroxyl groups is 2. The molecule has 18 heavy (non-hydrogen) atoms. The molecule has 92 valence electrons. The van der Waals surface area contributed by atoms with E-state index in [4.69, 9.17) is 11.6 Å². The van der Waals surface area contributed by atoms with E-state index in [0.717, 1.165) is 5.56 Å². The predicted octanol–water partition coefficient (Wildman–Crippen LogP) is 3.68. The van der Waals surface area contributed by atoms with Crippen LogP contribution >= 0.6 is 11.6 Å². The van der Waals surface area contributed by atoms with E-state index in [0.29, 0.717) is 11.1 Å². The van der Waals surface area contributed by atoms with Crippen molar-refractivity contribution >= 4 is 11.6 Å². The maximum atomic E-state index is 10.2. The van der Waals surface area contributed by atoms with E-state index in [-0.39, 0.29) is 23.1 Å². The summed E-state index contributed by atoms with van der Waals surface area (Å²) in [4.78, 5) is 10.2. The molecule has 2 aromatic carbocycles. The van der Waals surface area contributed by atoms with Crippen molar-refractivity contribution in [1.82, 2.24) is 0 Å². The molecule has 2 N–H and O–H groups in total. The normalized spacial score (nSPS) is 10.3. The Labute approximate surface area is 108 Å². The molecule has 0 amide bonds. The maximum Gasteiger partial charge on any atom is 0.139 e. The lowest BCUT2D eigenvalue weighted by Gasteiger charge is -2.09. The van der Waals surface area contributed by atoms with Crippen LogP contribution in [0.15, 0.2) is 41.6 Å². The van der Waals surface area contributed by atoms with Crippen LogP contribution in [0.25, 0.3) is 11.1 Å². The van der Waals surface area contributed by atoms with Gasteiger partial charge in [-0.1, -0.05) is 41.0 Å². The predicted molar refractivity (Wildman–Crippen MR) is 69.7 cm³/mol. The molecule has 0 spiro atoms. The third-order valence-electron chi connectivity index (χ3n) is 2.61. The van der Waals surface area contributed by atoms with E-state index >= 15 is 0 Å². The van der Waals surface area contributed by atoms with Crippen molar-refractivity contribution in [2.24, 2.45) is 5.18 Å². The van der Waals surface area contributed by atoms with Crippen LogP contribution in [-0.2, 0) is 6.54 Å². The van der Waals surface area contributed by atoms with Crippen molar-refractivity contribution in [2.45, 2.75) is 6.54 Å². The monoisotopic (exact) mass is 263 g/mol. The van der Waals surface area contributed by atoms with Crippen molar-refractivity contribution < 1.29 is 10.2 Å². The van der Waals surface area contributed by atoms with Gasteiger partial charge < -0.3 is 10.2 Å². The number of nitrogens with zero attached hydrogens (tertiary/aromatic N) is 1. The average Bonchev–Trinajstić information content (AvgIpc) is 2.37. The minimum absolute atomic E-state index is 0.124. The molecule has 0 fully saturated rings. The molecule has 0 aliphatic heterocycles. The quantitative estimate of drug-likeness (QED) is 0.830. The highest BCUT2D eigenvalue weighted by atomic mass is 35.5. The zero-order chi connectivity index (χ0) is 13.1. The van der Waals surface area contributed by atoms with Gasteiger partial charge in [-0.15, -0.1) is 0 Å². The summed E-state index contributed by atoms with van der Waals surface area (Å²) in [5.41, 5.74) is 1.78. The maximum absolute atomic E-state index is 10.2. The summed E-state index contributed by atoms with van der Waals surface area (Å²) in [6.07, 6.45) is 0. The molecule has 0 aliphatic carbocycles. The van der Waals surface area contributed by atoms with Gasteiger partial charge in [0.1, 0.15) is 18.0 Å². The number of rotatable bonds is 3. The van der Waals surface area contributed by atoms with Gasteiger partial charge in [0.15, 0.2) is 0 Å². The smallest absolute Gasteiger partial charge is 0.139 e. The van der Waals surface area contributed by atoms with Gasteiger partial charge in [0.25, 0.3) is 0 Å². The molecule has 0 radical (unpaired) electrons. The van der Waals surface area contributed by atoms with Crippen LogP contribution in [0, 0.1) is 4.91 Å². The number of nitroso groups, excluding NO2 is 1. The fourth-order valence-corrected chi connectivity index (χ4v) is 1.96. The molecule has 0 atom stereocenters. The van der Waals surface area contributed by atoms with Crippen LogP contribution in [-0.4, -0.2) is 10.2 Å². The zero-order valence-corrected chi connectivity index (χ0v) is 10.1. The SMILES string of the molecule is O=NCc1ccc(-c2ccc(O)cc2)c(Cl)c1O. The summed E-state index contributed by atoms with van der Waals surface area (Å²) >= 11 is 6.05. The van der Waals surface area contributed by atoms with Gasteiger partial charge in [0.05, 0.1) is 5.02 Å². The van der Waals surface area contributed by atoms with E-state index in [9.17, 15) is 15.1 Å². The summed E-state index contributed by atoms with van der Waals surface area (Å²) in [5.74, 6) is 0.0164. The second-order valence-electron chi connectivity index (χ2n) is 3.77. The molecule has 4 nitrogen and oxygen atoms in total. The van der Waals surface area contributed by atoms with Crippen molar-refractivity contribution in [3.05, 3.63) is 51.9 Å². The fraction of sp³-hybridized carbons (Fsp3) is 0.0769. The van der Waals surface area contributed by atoms with Crippen molar-refractivity contribution in [3.8, 4) is 22.6 Å². The summed E-state index contributed by atoms with van der Waals surface area (Å²) < 4.78 is 0. The van der Waals surface area contributed by atoms with Crippen LogP contribution in [0.3, 0.4) is 0 Å². The van der Waals surface area contributed by atoms with Gasteiger partial charge in [0, 0.05) is 11.1 Å². The molecule has 2 aromatic rings. The molecule has 0 bridgehead atoms. The Morgan fingerprint density at radius 2 is 1.72 bits per heavy atom. The van der Waals surface area contributed by atoms with E-state index < -0.39 is 0 Å². The molecule has 0 aromatic heterocycles. The number of halogens is 1. The fourth-order valence-electron chi connectivity index (χ4n) is 1.67. The Balaban J connectivity index is 2.49. The summed E-state index contributed by atoms with van der Waals surface area (Å²) in [7, 11) is 0. The van der Waals surface area contributed by atoms with E-state index in [1.165, 1.54) is 12.1 Å². The largest absolute Gasteiger partial charge is 0.508 e. The van der Waals surface area contributed by atoms with Crippen molar-refractivity contribution in [3.63, 3.8) is 0 Å². The van der Waals surface area contributed by atoms with Crippen molar-refractivity contribution in [1.29, 1.82) is 0 Å². The topological polar surface area (TPSA) is 69.9 Å². The molecule has 0 heterocycles. The van der Waals surface area contributed by atoms with E-state index in [2.05, 4.69) is 5.18 Å². The lowest BCUT2D eigenvalue weighted by atomic mass is 10.0. The van der Waals surface area contributed by atoms with Gasteiger partial charge in [-0.25, -0.2) is 0 Å². The number of phenolic OH excluding ortho intramolecular Hbond substituents is 2. The molecule has 2 rings (SSSR count). The molecule has 0 aliphatic rings. The number of benzene rings is 2. The molecule has 0 unspecified atom stereocenters. The minimum atomic E-state index is -0.137. The standard InChI is InChI=1S/C13H10ClNO3/c14-12-11(8-1-4-10(16)5-2-8)6-3-9(7-15-18)13(12)17/h1-6,16-17H,7H2. The van der Waals surface area contributed by atoms with Gasteiger partial charge in [-0.05, 0) is 17.7 Å². The van der Waals surface area contributed by atoms with Crippen molar-refractivity contribution in [2.75, 3.05) is 0 Å². The molecule has 5 heteroatoms. The summed E-state index contributed by atoms with van der Waals surface area (Å²) in [5, 5.41) is 21.9. The summed E-state index contributed by atoms with van der Waals surface area (Å²) in [6.45, 7) is -0.124. The Bertz CT molecular complexity index is 582. The van der Waals surface area contributed by atoms with Crippen LogP contribution in [0.2, 0.25) is 5.02 Å². The highest BCUT2D eigenvalue weighted by Crippen LogP contribution is 2.37. The lowest BCUT2D eigenvalue weighted by molar-refractivity contribution is 0.469. The second kappa shape index (κ2) is 5.06. The second-order valence-corrected chi connectivity index (χ2v) is 4.15. The van der Waals surface area contributed by atoms with Gasteiger partial charge in [0.2, 0.25) is 0 Å². The first-order valence-electron chi connectivity index (χ1n) is 5.22. The Morgan fingerprint density at radius 1 is 1.06 bits per heavy atom. The number of hydrogen-bond acceptors (Lipinski definition) is 4. The van der Waals surface area contributed by atoms with Crippen LogP contribution in [0.4, 0.5) is 0 Å². The summed E-state index contributed by atoms with van der Waals surface area (Å²) in [6, 6.07) is 9.74. The Morgan fingerprint density at radius 3 is 2.33 bits per heavy atom. The Hall–Kier alpha value is -2.07. The van der Waals surface area contributed by atoms with Crippen LogP contribution in [0.5, 0.6) is 11.5 Å². The third-order valence-corrected chi connectivity index (χ3v) is 3.00. The number of hydrogen-bond donors (Lipinski definition) is 2. The van der Waals surface area contributed by atoms with E-state index in [1.807, 2.05) is 0 Å². The zero-order valence-electron chi connectivity index (χ0n) is 9.30. The van der Waals surface area contributed by atoms with Gasteiger partial charge >= 0.3 is 0 Å². The Kier molecular flexibility index (Phi) is 3.48. The van der Waals surface area contributed by atoms with E-state index in [1.54, 1.807) is 24.3 Å². The third kappa shape index (κ3) is 2.28. The molecule has 0 saturated carbocycles. The van der Waals surface area contributed by atoms with Crippen LogP contribution < -0.4 is 0 Å². The minimum Gasteiger partial charge on any atom is -0.508 e. The molecule has 0 saturated heterocycles. The highest BCUT2D eigenvalue weighted by molar-refractivity contribution is 6.34. The molecular formula is C13H10ClNO3. The first-order chi connectivity index (χ1) is 8.63. The number of phenols is 2. The first-order valence-corrected chi connectivity index (χ1v) is 5.60.